The minimum atomic E-state index is -0.409. The SMILES string of the molecule is C=C(COCCCSC(C)CSCCCO)C(=O)OC. The number of rotatable bonds is 13. The van der Waals surface area contributed by atoms with E-state index in [0.29, 0.717) is 17.4 Å². The smallest absolute Gasteiger partial charge is 0.335 e. The average Bonchev–Trinajstić information content (AvgIpc) is 2.46. The van der Waals surface area contributed by atoms with Gasteiger partial charge in [0.1, 0.15) is 0 Å². The largest absolute Gasteiger partial charge is 0.466 e. The van der Waals surface area contributed by atoms with E-state index in [1.807, 2.05) is 23.5 Å². The van der Waals surface area contributed by atoms with Gasteiger partial charge in [-0.1, -0.05) is 13.5 Å². The molecule has 0 aliphatic rings. The van der Waals surface area contributed by atoms with E-state index in [4.69, 9.17) is 9.84 Å². The molecule has 1 unspecified atom stereocenters. The quantitative estimate of drug-likeness (QED) is 0.319. The second-order valence-electron chi connectivity index (χ2n) is 4.33. The van der Waals surface area contributed by atoms with Gasteiger partial charge in [-0.2, -0.15) is 23.5 Å². The molecule has 0 aromatic heterocycles. The standard InChI is InChI=1S/C14H26O4S2/c1-12(14(16)17-3)10-18-7-5-9-20-13(2)11-19-8-4-6-15/h13,15H,1,4-11H2,2-3H3. The maximum Gasteiger partial charge on any atom is 0.335 e. The van der Waals surface area contributed by atoms with Crippen LogP contribution >= 0.6 is 23.5 Å². The van der Waals surface area contributed by atoms with Crippen LogP contribution in [0.25, 0.3) is 0 Å². The molecule has 6 heteroatoms. The molecule has 0 rings (SSSR count). The first kappa shape index (κ1) is 19.8. The predicted molar refractivity (Wildman–Crippen MR) is 87.5 cm³/mol. The Balaban J connectivity index is 3.35. The van der Waals surface area contributed by atoms with Gasteiger partial charge in [0, 0.05) is 24.2 Å². The predicted octanol–water partition coefficient (Wildman–Crippen LogP) is 2.36. The number of methoxy groups -OCH3 is 1. The van der Waals surface area contributed by atoms with Crippen molar-refractivity contribution in [2.24, 2.45) is 0 Å². The molecule has 0 radical (unpaired) electrons. The molecule has 0 amide bonds. The molecule has 0 saturated heterocycles. The zero-order valence-corrected chi connectivity index (χ0v) is 14.1. The summed E-state index contributed by atoms with van der Waals surface area (Å²) >= 11 is 3.82. The van der Waals surface area contributed by atoms with Crippen LogP contribution in [0.15, 0.2) is 12.2 Å². The third-order valence-electron chi connectivity index (χ3n) is 2.39. The Labute approximate surface area is 130 Å². The lowest BCUT2D eigenvalue weighted by molar-refractivity contribution is -0.136. The molecule has 0 fully saturated rings. The minimum absolute atomic E-state index is 0.240. The summed E-state index contributed by atoms with van der Waals surface area (Å²) in [6.45, 7) is 6.97. The van der Waals surface area contributed by atoms with Crippen molar-refractivity contribution in [2.75, 3.05) is 44.2 Å². The zero-order valence-electron chi connectivity index (χ0n) is 12.4. The normalized spacial score (nSPS) is 12.2. The van der Waals surface area contributed by atoms with Crippen LogP contribution in [-0.4, -0.2) is 60.5 Å². The Morgan fingerprint density at radius 3 is 2.75 bits per heavy atom. The van der Waals surface area contributed by atoms with Crippen molar-refractivity contribution < 1.29 is 19.4 Å². The van der Waals surface area contributed by atoms with E-state index in [1.54, 1.807) is 0 Å². The highest BCUT2D eigenvalue weighted by atomic mass is 32.2. The van der Waals surface area contributed by atoms with Crippen LogP contribution in [0.5, 0.6) is 0 Å². The molecule has 1 N–H and O–H groups in total. The lowest BCUT2D eigenvalue weighted by Crippen LogP contribution is -2.10. The number of aliphatic hydroxyl groups is 1. The van der Waals surface area contributed by atoms with Crippen molar-refractivity contribution in [3.63, 3.8) is 0 Å². The van der Waals surface area contributed by atoms with Gasteiger partial charge in [0.15, 0.2) is 0 Å². The van der Waals surface area contributed by atoms with Crippen LogP contribution in [0.1, 0.15) is 19.8 Å². The highest BCUT2D eigenvalue weighted by Gasteiger charge is 2.06. The Morgan fingerprint density at radius 2 is 2.10 bits per heavy atom. The summed E-state index contributed by atoms with van der Waals surface area (Å²) in [7, 11) is 1.34. The maximum atomic E-state index is 11.0. The van der Waals surface area contributed by atoms with E-state index < -0.39 is 5.97 Å². The molecule has 0 spiro atoms. The minimum Gasteiger partial charge on any atom is -0.466 e. The van der Waals surface area contributed by atoms with Crippen LogP contribution in [-0.2, 0) is 14.3 Å². The molecule has 0 aliphatic carbocycles. The number of carbonyl (C=O) groups excluding carboxylic acids is 1. The van der Waals surface area contributed by atoms with E-state index in [2.05, 4.69) is 18.2 Å². The van der Waals surface area contributed by atoms with Gasteiger partial charge in [-0.05, 0) is 24.3 Å². The van der Waals surface area contributed by atoms with Gasteiger partial charge in [-0.3, -0.25) is 0 Å². The fraction of sp³-hybridized carbons (Fsp3) is 0.786. The number of ether oxygens (including phenoxy) is 2. The van der Waals surface area contributed by atoms with Crippen LogP contribution in [0.2, 0.25) is 0 Å². The zero-order chi connectivity index (χ0) is 15.2. The second-order valence-corrected chi connectivity index (χ2v) is 7.03. The fourth-order valence-electron chi connectivity index (χ4n) is 1.31. The van der Waals surface area contributed by atoms with E-state index in [-0.39, 0.29) is 13.2 Å². The molecule has 0 saturated carbocycles. The Morgan fingerprint density at radius 1 is 1.35 bits per heavy atom. The summed E-state index contributed by atoms with van der Waals surface area (Å²) in [5, 5.41) is 9.29. The number of carbonyl (C=O) groups is 1. The van der Waals surface area contributed by atoms with Crippen molar-refractivity contribution in [3.05, 3.63) is 12.2 Å². The lowest BCUT2D eigenvalue weighted by atomic mass is 10.3. The average molecular weight is 322 g/mol. The highest BCUT2D eigenvalue weighted by molar-refractivity contribution is 8.03. The molecule has 1 atom stereocenters. The van der Waals surface area contributed by atoms with Crippen LogP contribution in [0.4, 0.5) is 0 Å². The Kier molecular flexibility index (Phi) is 13.7. The molecule has 0 heterocycles. The molecule has 20 heavy (non-hydrogen) atoms. The van der Waals surface area contributed by atoms with Crippen molar-refractivity contribution in [3.8, 4) is 0 Å². The van der Waals surface area contributed by atoms with Gasteiger partial charge in [0.2, 0.25) is 0 Å². The number of esters is 1. The van der Waals surface area contributed by atoms with Crippen LogP contribution < -0.4 is 0 Å². The molecule has 0 aliphatic heterocycles. The van der Waals surface area contributed by atoms with Gasteiger partial charge >= 0.3 is 5.97 Å². The van der Waals surface area contributed by atoms with Crippen LogP contribution in [0.3, 0.4) is 0 Å². The summed E-state index contributed by atoms with van der Waals surface area (Å²) < 4.78 is 9.90. The third-order valence-corrected chi connectivity index (χ3v) is 5.17. The van der Waals surface area contributed by atoms with E-state index in [0.717, 1.165) is 30.1 Å². The van der Waals surface area contributed by atoms with Crippen molar-refractivity contribution in [1.82, 2.24) is 0 Å². The van der Waals surface area contributed by atoms with Crippen molar-refractivity contribution in [2.45, 2.75) is 25.0 Å². The molecular formula is C14H26O4S2. The number of hydrogen-bond acceptors (Lipinski definition) is 6. The maximum absolute atomic E-state index is 11.0. The topological polar surface area (TPSA) is 55.8 Å². The molecule has 118 valence electrons. The summed E-state index contributed by atoms with van der Waals surface area (Å²) in [4.78, 5) is 11.0. The van der Waals surface area contributed by atoms with Gasteiger partial charge in [0.05, 0.1) is 19.3 Å². The first-order valence-electron chi connectivity index (χ1n) is 6.75. The molecule has 0 bridgehead atoms. The third kappa shape index (κ3) is 11.6. The van der Waals surface area contributed by atoms with E-state index in [1.165, 1.54) is 7.11 Å². The summed E-state index contributed by atoms with van der Waals surface area (Å²) in [5.41, 5.74) is 0.355. The summed E-state index contributed by atoms with van der Waals surface area (Å²) in [6.07, 6.45) is 1.84. The first-order valence-corrected chi connectivity index (χ1v) is 8.96. The lowest BCUT2D eigenvalue weighted by Gasteiger charge is -2.11. The molecule has 4 nitrogen and oxygen atoms in total. The Hall–Kier alpha value is -0.170. The molecular weight excluding hydrogens is 296 g/mol. The van der Waals surface area contributed by atoms with Crippen LogP contribution in [0, 0.1) is 0 Å². The summed E-state index contributed by atoms with van der Waals surface area (Å²) in [6, 6.07) is 0. The summed E-state index contributed by atoms with van der Waals surface area (Å²) in [5.74, 6) is 2.78. The molecule has 0 aromatic rings. The Bertz CT molecular complexity index is 272. The second kappa shape index (κ2) is 13.8. The fourth-order valence-corrected chi connectivity index (χ4v) is 3.50. The van der Waals surface area contributed by atoms with E-state index >= 15 is 0 Å². The van der Waals surface area contributed by atoms with Crippen molar-refractivity contribution in [1.29, 1.82) is 0 Å². The number of thioether (sulfide) groups is 2. The van der Waals surface area contributed by atoms with Gasteiger partial charge in [-0.15, -0.1) is 0 Å². The monoisotopic (exact) mass is 322 g/mol. The van der Waals surface area contributed by atoms with E-state index in [9.17, 15) is 4.79 Å². The van der Waals surface area contributed by atoms with Gasteiger partial charge in [-0.25, -0.2) is 4.79 Å². The highest BCUT2D eigenvalue weighted by Crippen LogP contribution is 2.17. The van der Waals surface area contributed by atoms with Gasteiger partial charge in [0.25, 0.3) is 0 Å². The van der Waals surface area contributed by atoms with Gasteiger partial charge < -0.3 is 14.6 Å². The first-order chi connectivity index (χ1) is 9.61. The van der Waals surface area contributed by atoms with Crippen molar-refractivity contribution >= 4 is 29.5 Å². The molecule has 0 aromatic carbocycles. The number of aliphatic hydroxyl groups excluding tert-OH is 1. The number of hydrogen-bond donors (Lipinski definition) is 1.